The molecule has 2 aromatic rings. The summed E-state index contributed by atoms with van der Waals surface area (Å²) in [5, 5.41) is 0. The fourth-order valence-corrected chi connectivity index (χ4v) is 3.11. The Morgan fingerprint density at radius 1 is 1.05 bits per heavy atom. The molecule has 0 aliphatic carbocycles. The van der Waals surface area contributed by atoms with Gasteiger partial charge in [0.1, 0.15) is 5.75 Å². The van der Waals surface area contributed by atoms with Crippen LogP contribution in [-0.2, 0) is 20.1 Å². The lowest BCUT2D eigenvalue weighted by atomic mass is 10.4. The van der Waals surface area contributed by atoms with E-state index in [2.05, 4.69) is 9.71 Å². The van der Waals surface area contributed by atoms with Crippen molar-refractivity contribution in [3.8, 4) is 5.75 Å². The zero-order valence-electron chi connectivity index (χ0n) is 11.3. The molecule has 0 amide bonds. The fraction of sp³-hybridized carbons (Fsp3) is 0.0833. The summed E-state index contributed by atoms with van der Waals surface area (Å²) in [4.78, 5) is 3.26. The molecule has 10 heteroatoms. The Labute approximate surface area is 127 Å². The average Bonchev–Trinajstić information content (AvgIpc) is 2.46. The van der Waals surface area contributed by atoms with Crippen LogP contribution in [0.25, 0.3) is 0 Å². The van der Waals surface area contributed by atoms with Crippen LogP contribution in [0, 0.1) is 0 Å². The van der Waals surface area contributed by atoms with Crippen LogP contribution >= 0.6 is 0 Å². The highest BCUT2D eigenvalue weighted by Crippen LogP contribution is 2.20. The predicted molar refractivity (Wildman–Crippen MR) is 77.9 cm³/mol. The Kier molecular flexibility index (Phi) is 4.35. The number of anilines is 1. The van der Waals surface area contributed by atoms with E-state index in [-0.39, 0.29) is 10.6 Å². The van der Waals surface area contributed by atoms with Crippen LogP contribution < -0.4 is 9.46 Å². The molecule has 118 valence electrons. The van der Waals surface area contributed by atoms with Crippen LogP contribution in [0.2, 0.25) is 0 Å². The largest absolute Gasteiger partial charge is 0.495 e. The number of hydrogen-bond donors (Lipinski definition) is 2. The van der Waals surface area contributed by atoms with Crippen molar-refractivity contribution in [2.45, 2.75) is 9.79 Å². The molecule has 1 aromatic carbocycles. The first-order chi connectivity index (χ1) is 10.2. The summed E-state index contributed by atoms with van der Waals surface area (Å²) < 4.78 is 62.3. The lowest BCUT2D eigenvalue weighted by molar-refractivity contribution is 0.413. The van der Waals surface area contributed by atoms with Gasteiger partial charge in [0.2, 0.25) is 0 Å². The topological polar surface area (TPSA) is 123 Å². The standard InChI is InChI=1S/C12H12N2O6S2/c1-20-10-6-9(7-13-8-10)14-21(15,16)11-2-4-12(5-3-11)22(17,18)19/h2-8,14H,1H3,(H,17,18,19). The second-order valence-electron chi connectivity index (χ2n) is 4.17. The van der Waals surface area contributed by atoms with E-state index in [0.29, 0.717) is 5.75 Å². The van der Waals surface area contributed by atoms with Gasteiger partial charge in [-0.25, -0.2) is 8.42 Å². The van der Waals surface area contributed by atoms with Gasteiger partial charge >= 0.3 is 0 Å². The highest BCUT2D eigenvalue weighted by molar-refractivity contribution is 7.92. The van der Waals surface area contributed by atoms with Gasteiger partial charge in [-0.1, -0.05) is 0 Å². The van der Waals surface area contributed by atoms with Gasteiger partial charge in [0.25, 0.3) is 20.1 Å². The predicted octanol–water partition coefficient (Wildman–Crippen LogP) is 1.14. The zero-order valence-corrected chi connectivity index (χ0v) is 12.9. The summed E-state index contributed by atoms with van der Waals surface area (Å²) in [5.74, 6) is 0.377. The van der Waals surface area contributed by atoms with Gasteiger partial charge in [0.05, 0.1) is 35.0 Å². The van der Waals surface area contributed by atoms with E-state index in [0.717, 1.165) is 24.3 Å². The lowest BCUT2D eigenvalue weighted by Gasteiger charge is -2.09. The SMILES string of the molecule is COc1cncc(NS(=O)(=O)c2ccc(S(=O)(=O)O)cc2)c1. The van der Waals surface area contributed by atoms with Gasteiger partial charge in [-0.3, -0.25) is 14.3 Å². The molecule has 1 aromatic heterocycles. The third kappa shape index (κ3) is 3.72. The van der Waals surface area contributed by atoms with E-state index in [1.165, 1.54) is 25.6 Å². The Balaban J connectivity index is 2.30. The van der Waals surface area contributed by atoms with E-state index in [4.69, 9.17) is 9.29 Å². The summed E-state index contributed by atoms with van der Waals surface area (Å²) in [5.41, 5.74) is 0.193. The van der Waals surface area contributed by atoms with Crippen molar-refractivity contribution in [2.75, 3.05) is 11.8 Å². The minimum absolute atomic E-state index is 0.164. The number of sulfonamides is 1. The minimum Gasteiger partial charge on any atom is -0.495 e. The second kappa shape index (κ2) is 5.91. The van der Waals surface area contributed by atoms with E-state index < -0.39 is 25.0 Å². The summed E-state index contributed by atoms with van der Waals surface area (Å²) in [6.45, 7) is 0. The summed E-state index contributed by atoms with van der Waals surface area (Å²) in [6, 6.07) is 5.57. The highest BCUT2D eigenvalue weighted by atomic mass is 32.2. The third-order valence-corrected chi connectivity index (χ3v) is 4.90. The van der Waals surface area contributed by atoms with Gasteiger partial charge in [0.15, 0.2) is 0 Å². The van der Waals surface area contributed by atoms with E-state index in [1.807, 2.05) is 0 Å². The third-order valence-electron chi connectivity index (χ3n) is 2.63. The highest BCUT2D eigenvalue weighted by Gasteiger charge is 2.17. The molecule has 0 saturated carbocycles. The lowest BCUT2D eigenvalue weighted by Crippen LogP contribution is -2.13. The molecule has 0 aliphatic heterocycles. The van der Waals surface area contributed by atoms with Gasteiger partial charge < -0.3 is 4.74 Å². The van der Waals surface area contributed by atoms with Crippen LogP contribution in [0.5, 0.6) is 5.75 Å². The van der Waals surface area contributed by atoms with Crippen molar-refractivity contribution in [2.24, 2.45) is 0 Å². The van der Waals surface area contributed by atoms with Crippen LogP contribution in [0.4, 0.5) is 5.69 Å². The van der Waals surface area contributed by atoms with Crippen LogP contribution in [0.15, 0.2) is 52.5 Å². The molecule has 8 nitrogen and oxygen atoms in total. The number of benzene rings is 1. The molecule has 1 heterocycles. The summed E-state index contributed by atoms with van der Waals surface area (Å²) in [7, 11) is -6.88. The fourth-order valence-electron chi connectivity index (χ4n) is 1.59. The van der Waals surface area contributed by atoms with E-state index in [1.54, 1.807) is 0 Å². The molecular weight excluding hydrogens is 332 g/mol. The Morgan fingerprint density at radius 2 is 1.64 bits per heavy atom. The summed E-state index contributed by atoms with van der Waals surface area (Å²) >= 11 is 0. The van der Waals surface area contributed by atoms with Gasteiger partial charge in [-0.2, -0.15) is 8.42 Å². The van der Waals surface area contributed by atoms with Crippen molar-refractivity contribution in [3.05, 3.63) is 42.7 Å². The average molecular weight is 344 g/mol. The molecular formula is C12H12N2O6S2. The molecule has 0 fully saturated rings. The number of nitrogens with one attached hydrogen (secondary N) is 1. The van der Waals surface area contributed by atoms with Crippen molar-refractivity contribution in [1.29, 1.82) is 0 Å². The van der Waals surface area contributed by atoms with Gasteiger partial charge in [-0.05, 0) is 24.3 Å². The molecule has 22 heavy (non-hydrogen) atoms. The molecule has 0 aliphatic rings. The molecule has 2 N–H and O–H groups in total. The first-order valence-corrected chi connectivity index (χ1v) is 8.74. The van der Waals surface area contributed by atoms with Crippen LogP contribution in [0.3, 0.4) is 0 Å². The van der Waals surface area contributed by atoms with Gasteiger partial charge in [-0.15, -0.1) is 0 Å². The molecule has 0 radical (unpaired) electrons. The Hall–Kier alpha value is -2.17. The molecule has 0 spiro atoms. The zero-order chi connectivity index (χ0) is 16.4. The number of nitrogens with zero attached hydrogens (tertiary/aromatic N) is 1. The van der Waals surface area contributed by atoms with E-state index >= 15 is 0 Å². The molecule has 0 bridgehead atoms. The summed E-state index contributed by atoms with van der Waals surface area (Å²) in [6.07, 6.45) is 2.71. The maximum absolute atomic E-state index is 12.2. The maximum atomic E-state index is 12.2. The molecule has 0 unspecified atom stereocenters. The smallest absolute Gasteiger partial charge is 0.294 e. The van der Waals surface area contributed by atoms with Gasteiger partial charge in [0, 0.05) is 6.07 Å². The van der Waals surface area contributed by atoms with Crippen LogP contribution in [-0.4, -0.2) is 33.5 Å². The normalized spacial score (nSPS) is 11.9. The number of pyridine rings is 1. The number of rotatable bonds is 5. The number of methoxy groups -OCH3 is 1. The second-order valence-corrected chi connectivity index (χ2v) is 7.27. The van der Waals surface area contributed by atoms with Crippen molar-refractivity contribution < 1.29 is 26.1 Å². The quantitative estimate of drug-likeness (QED) is 0.780. The Bertz CT molecular complexity index is 876. The number of ether oxygens (including phenoxy) is 1. The molecule has 2 rings (SSSR count). The first-order valence-electron chi connectivity index (χ1n) is 5.82. The molecule has 0 saturated heterocycles. The number of aromatic nitrogens is 1. The van der Waals surface area contributed by atoms with E-state index in [9.17, 15) is 16.8 Å². The van der Waals surface area contributed by atoms with Crippen molar-refractivity contribution in [1.82, 2.24) is 4.98 Å². The van der Waals surface area contributed by atoms with Crippen LogP contribution in [0.1, 0.15) is 0 Å². The number of hydrogen-bond acceptors (Lipinski definition) is 6. The first kappa shape index (κ1) is 16.2. The Morgan fingerprint density at radius 3 is 2.18 bits per heavy atom. The minimum atomic E-state index is -4.37. The van der Waals surface area contributed by atoms with Crippen molar-refractivity contribution >= 4 is 25.8 Å². The van der Waals surface area contributed by atoms with Crippen molar-refractivity contribution in [3.63, 3.8) is 0 Å². The molecule has 0 atom stereocenters. The monoisotopic (exact) mass is 344 g/mol. The maximum Gasteiger partial charge on any atom is 0.294 e.